The number of nitrogens with zero attached hydrogens (tertiary/aromatic N) is 2. The molecule has 0 aliphatic heterocycles. The van der Waals surface area contributed by atoms with Gasteiger partial charge < -0.3 is 5.73 Å². The van der Waals surface area contributed by atoms with Crippen molar-refractivity contribution in [3.05, 3.63) is 11.2 Å². The zero-order valence-corrected chi connectivity index (χ0v) is 9.87. The predicted octanol–water partition coefficient (Wildman–Crippen LogP) is 2.95. The van der Waals surface area contributed by atoms with Crippen molar-refractivity contribution in [2.24, 2.45) is 11.8 Å². The van der Waals surface area contributed by atoms with Gasteiger partial charge in [-0.05, 0) is 24.7 Å². The van der Waals surface area contributed by atoms with Gasteiger partial charge in [-0.1, -0.05) is 31.4 Å². The van der Waals surface area contributed by atoms with Crippen LogP contribution < -0.4 is 5.73 Å². The molecular weight excluding hydrogens is 210 g/mol. The number of nitrogen functional groups attached to an aromatic ring is 1. The van der Waals surface area contributed by atoms with Crippen LogP contribution >= 0.6 is 11.6 Å². The van der Waals surface area contributed by atoms with E-state index in [0.717, 1.165) is 18.4 Å². The Balaban J connectivity index is 1.96. The molecule has 0 radical (unpaired) electrons. The minimum atomic E-state index is 0.445. The minimum absolute atomic E-state index is 0.445. The molecule has 1 aliphatic rings. The molecule has 1 saturated carbocycles. The number of nitrogens with two attached hydrogens (primary N) is 1. The summed E-state index contributed by atoms with van der Waals surface area (Å²) in [5.41, 5.74) is 5.61. The number of hydrogen-bond donors (Lipinski definition) is 1. The standard InChI is InChI=1S/C11H18ClN3/c1-8-3-2-4-9(5-8)6-15-7-10(12)11(13)14-15/h7-9H,2-6H2,1H3,(H2,13,14). The fraction of sp³-hybridized carbons (Fsp3) is 0.727. The van der Waals surface area contributed by atoms with Gasteiger partial charge in [-0.15, -0.1) is 0 Å². The molecule has 1 fully saturated rings. The van der Waals surface area contributed by atoms with Gasteiger partial charge in [-0.25, -0.2) is 0 Å². The van der Waals surface area contributed by atoms with Gasteiger partial charge in [-0.3, -0.25) is 4.68 Å². The second kappa shape index (κ2) is 4.44. The maximum atomic E-state index is 5.87. The van der Waals surface area contributed by atoms with E-state index < -0.39 is 0 Å². The van der Waals surface area contributed by atoms with E-state index >= 15 is 0 Å². The molecular formula is C11H18ClN3. The van der Waals surface area contributed by atoms with Gasteiger partial charge in [0.25, 0.3) is 0 Å². The van der Waals surface area contributed by atoms with Crippen molar-refractivity contribution in [2.45, 2.75) is 39.2 Å². The van der Waals surface area contributed by atoms with Crippen molar-refractivity contribution < 1.29 is 0 Å². The van der Waals surface area contributed by atoms with Crippen LogP contribution in [0.5, 0.6) is 0 Å². The third kappa shape index (κ3) is 2.65. The SMILES string of the molecule is CC1CCCC(Cn2cc(Cl)c(N)n2)C1. The Kier molecular flexibility index (Phi) is 3.19. The predicted molar refractivity (Wildman–Crippen MR) is 62.8 cm³/mol. The molecule has 2 rings (SSSR count). The zero-order chi connectivity index (χ0) is 10.8. The number of anilines is 1. The lowest BCUT2D eigenvalue weighted by atomic mass is 9.82. The molecule has 0 bridgehead atoms. The smallest absolute Gasteiger partial charge is 0.164 e. The van der Waals surface area contributed by atoms with E-state index in [0.29, 0.717) is 10.8 Å². The van der Waals surface area contributed by atoms with E-state index in [9.17, 15) is 0 Å². The first-order valence-corrected chi connectivity index (χ1v) is 6.01. The highest BCUT2D eigenvalue weighted by Gasteiger charge is 2.19. The number of rotatable bonds is 2. The molecule has 1 aromatic heterocycles. The summed E-state index contributed by atoms with van der Waals surface area (Å²) in [5, 5.41) is 4.76. The summed E-state index contributed by atoms with van der Waals surface area (Å²) in [6.07, 6.45) is 7.16. The Bertz CT molecular complexity index is 315. The topological polar surface area (TPSA) is 43.8 Å². The quantitative estimate of drug-likeness (QED) is 0.844. The lowest BCUT2D eigenvalue weighted by Crippen LogP contribution is -2.18. The van der Waals surface area contributed by atoms with Gasteiger partial charge in [0.15, 0.2) is 5.82 Å². The highest BCUT2D eigenvalue weighted by Crippen LogP contribution is 2.30. The van der Waals surface area contributed by atoms with Crippen LogP contribution in [0.2, 0.25) is 5.02 Å². The molecule has 3 nitrogen and oxygen atoms in total. The molecule has 84 valence electrons. The van der Waals surface area contributed by atoms with Crippen LogP contribution in [0, 0.1) is 11.8 Å². The van der Waals surface area contributed by atoms with E-state index in [4.69, 9.17) is 17.3 Å². The van der Waals surface area contributed by atoms with Crippen LogP contribution in [-0.2, 0) is 6.54 Å². The molecule has 0 spiro atoms. The highest BCUT2D eigenvalue weighted by atomic mass is 35.5. The molecule has 2 unspecified atom stereocenters. The summed E-state index contributed by atoms with van der Waals surface area (Å²) in [5.74, 6) is 2.04. The van der Waals surface area contributed by atoms with E-state index in [1.165, 1.54) is 25.7 Å². The van der Waals surface area contributed by atoms with Crippen LogP contribution in [0.3, 0.4) is 0 Å². The second-order valence-electron chi connectivity index (χ2n) is 4.72. The van der Waals surface area contributed by atoms with Crippen molar-refractivity contribution in [3.8, 4) is 0 Å². The van der Waals surface area contributed by atoms with Gasteiger partial charge in [0.05, 0.1) is 0 Å². The summed E-state index contributed by atoms with van der Waals surface area (Å²) in [6.45, 7) is 3.29. The molecule has 2 atom stereocenters. The summed E-state index contributed by atoms with van der Waals surface area (Å²) in [6, 6.07) is 0. The van der Waals surface area contributed by atoms with Crippen molar-refractivity contribution >= 4 is 17.4 Å². The summed E-state index contributed by atoms with van der Waals surface area (Å²) in [4.78, 5) is 0. The third-order valence-electron chi connectivity index (χ3n) is 3.23. The number of aromatic nitrogens is 2. The second-order valence-corrected chi connectivity index (χ2v) is 5.13. The van der Waals surface area contributed by atoms with E-state index in [1.807, 2.05) is 10.9 Å². The van der Waals surface area contributed by atoms with Gasteiger partial charge >= 0.3 is 0 Å². The van der Waals surface area contributed by atoms with Crippen LogP contribution in [0.4, 0.5) is 5.82 Å². The average Bonchev–Trinajstić information content (AvgIpc) is 2.45. The summed E-state index contributed by atoms with van der Waals surface area (Å²) < 4.78 is 1.89. The minimum Gasteiger partial charge on any atom is -0.381 e. The third-order valence-corrected chi connectivity index (χ3v) is 3.52. The molecule has 4 heteroatoms. The Hall–Kier alpha value is -0.700. The first-order chi connectivity index (χ1) is 7.15. The maximum Gasteiger partial charge on any atom is 0.164 e. The molecule has 1 aliphatic carbocycles. The van der Waals surface area contributed by atoms with Crippen molar-refractivity contribution in [2.75, 3.05) is 5.73 Å². The van der Waals surface area contributed by atoms with Crippen LogP contribution in [0.1, 0.15) is 32.6 Å². The maximum absolute atomic E-state index is 5.87. The fourth-order valence-electron chi connectivity index (χ4n) is 2.50. The normalized spacial score (nSPS) is 26.8. The van der Waals surface area contributed by atoms with E-state index in [-0.39, 0.29) is 0 Å². The first-order valence-electron chi connectivity index (χ1n) is 5.63. The number of hydrogen-bond acceptors (Lipinski definition) is 2. The lowest BCUT2D eigenvalue weighted by Gasteiger charge is -2.26. The van der Waals surface area contributed by atoms with Gasteiger partial charge in [-0.2, -0.15) is 5.10 Å². The lowest BCUT2D eigenvalue weighted by molar-refractivity contribution is 0.250. The summed E-state index contributed by atoms with van der Waals surface area (Å²) in [7, 11) is 0. The molecule has 0 amide bonds. The molecule has 2 N–H and O–H groups in total. The monoisotopic (exact) mass is 227 g/mol. The molecule has 1 aromatic rings. The molecule has 0 aromatic carbocycles. The van der Waals surface area contributed by atoms with Crippen molar-refractivity contribution in [1.29, 1.82) is 0 Å². The van der Waals surface area contributed by atoms with Gasteiger partial charge in [0.2, 0.25) is 0 Å². The average molecular weight is 228 g/mol. The van der Waals surface area contributed by atoms with Crippen LogP contribution in [0.25, 0.3) is 0 Å². The number of halogens is 1. The molecule has 15 heavy (non-hydrogen) atoms. The largest absolute Gasteiger partial charge is 0.381 e. The van der Waals surface area contributed by atoms with E-state index in [1.54, 1.807) is 0 Å². The van der Waals surface area contributed by atoms with Crippen molar-refractivity contribution in [1.82, 2.24) is 9.78 Å². The fourth-order valence-corrected chi connectivity index (χ4v) is 2.65. The van der Waals surface area contributed by atoms with E-state index in [2.05, 4.69) is 12.0 Å². The molecule has 0 saturated heterocycles. The molecule has 1 heterocycles. The first kappa shape index (κ1) is 10.8. The summed E-state index contributed by atoms with van der Waals surface area (Å²) >= 11 is 5.87. The Labute approximate surface area is 95.6 Å². The van der Waals surface area contributed by atoms with Gasteiger partial charge in [0.1, 0.15) is 5.02 Å². The Morgan fingerprint density at radius 1 is 1.60 bits per heavy atom. The van der Waals surface area contributed by atoms with Crippen LogP contribution in [-0.4, -0.2) is 9.78 Å². The Morgan fingerprint density at radius 2 is 2.40 bits per heavy atom. The highest BCUT2D eigenvalue weighted by molar-refractivity contribution is 6.32. The van der Waals surface area contributed by atoms with Gasteiger partial charge in [0, 0.05) is 12.7 Å². The van der Waals surface area contributed by atoms with Crippen molar-refractivity contribution in [3.63, 3.8) is 0 Å². The zero-order valence-electron chi connectivity index (χ0n) is 9.12. The Morgan fingerprint density at radius 3 is 3.00 bits per heavy atom. The van der Waals surface area contributed by atoms with Crippen LogP contribution in [0.15, 0.2) is 6.20 Å².